The van der Waals surface area contributed by atoms with Gasteiger partial charge in [0.2, 0.25) is 20.0 Å². The summed E-state index contributed by atoms with van der Waals surface area (Å²) in [5.41, 5.74) is -0.0916. The van der Waals surface area contributed by atoms with Crippen molar-refractivity contribution in [2.45, 2.75) is 77.0 Å². The highest BCUT2D eigenvalue weighted by Crippen LogP contribution is 2.45. The van der Waals surface area contributed by atoms with Crippen LogP contribution >= 0.6 is 0 Å². The molecule has 0 fully saturated rings. The van der Waals surface area contributed by atoms with Crippen LogP contribution in [0.25, 0.3) is 0 Å². The van der Waals surface area contributed by atoms with Gasteiger partial charge in [0.15, 0.2) is 0 Å². The monoisotopic (exact) mass is 648 g/mol. The quantitative estimate of drug-likeness (QED) is 0.473. The summed E-state index contributed by atoms with van der Waals surface area (Å²) in [4.78, 5) is 0. The van der Waals surface area contributed by atoms with Crippen molar-refractivity contribution < 1.29 is 36.5 Å². The topological polar surface area (TPSA) is 181 Å². The fourth-order valence-electron chi connectivity index (χ4n) is 5.21. The molecule has 4 atom stereocenters. The molecule has 2 aliphatic heterocycles. The lowest BCUT2D eigenvalue weighted by Gasteiger charge is -2.44. The molecule has 12 nitrogen and oxygen atoms in total. The number of ether oxygens (including phenoxy) is 2. The maximum atomic E-state index is 12.2. The van der Waals surface area contributed by atoms with Crippen molar-refractivity contribution in [1.82, 2.24) is 8.61 Å². The van der Waals surface area contributed by atoms with E-state index in [1.807, 2.05) is 12.1 Å². The van der Waals surface area contributed by atoms with E-state index in [2.05, 4.69) is 0 Å². The molecule has 0 saturated carbocycles. The molecule has 4 unspecified atom stereocenters. The van der Waals surface area contributed by atoms with E-state index in [4.69, 9.17) is 20.0 Å². The van der Waals surface area contributed by atoms with Gasteiger partial charge in [0.25, 0.3) is 0 Å². The molecule has 14 heteroatoms. The molecule has 2 N–H and O–H groups in total. The van der Waals surface area contributed by atoms with Crippen molar-refractivity contribution in [1.29, 1.82) is 10.5 Å². The molecular formula is C30H40N4O8S2. The Kier molecular flexibility index (Phi) is 10.1. The van der Waals surface area contributed by atoms with Crippen LogP contribution in [0, 0.1) is 22.7 Å². The Hall–Kier alpha value is -3.24. The SMILES string of the molecule is CCS(=O)(=O)N(C)C1c2cc(C#N)ccc2OC(C)(C)C1O.CCS(=O)(=O)N(C)C1c2cc(C#N)ccc2OC(C)(C)C1O. The Labute approximate surface area is 260 Å². The zero-order chi connectivity index (χ0) is 33.4. The molecule has 44 heavy (non-hydrogen) atoms. The van der Waals surface area contributed by atoms with Gasteiger partial charge in [-0.1, -0.05) is 0 Å². The van der Waals surface area contributed by atoms with Gasteiger partial charge < -0.3 is 19.7 Å². The van der Waals surface area contributed by atoms with Crippen molar-refractivity contribution in [3.05, 3.63) is 58.7 Å². The first-order valence-electron chi connectivity index (χ1n) is 14.0. The second kappa shape index (κ2) is 12.6. The summed E-state index contributed by atoms with van der Waals surface area (Å²) in [6.07, 6.45) is -2.11. The minimum Gasteiger partial charge on any atom is -0.485 e. The fourth-order valence-corrected chi connectivity index (χ4v) is 7.18. The molecule has 0 aliphatic carbocycles. The van der Waals surface area contributed by atoms with Gasteiger partial charge in [0, 0.05) is 25.2 Å². The van der Waals surface area contributed by atoms with Gasteiger partial charge in [0.1, 0.15) is 34.9 Å². The van der Waals surface area contributed by atoms with Gasteiger partial charge in [0.05, 0.1) is 46.9 Å². The first kappa shape index (κ1) is 35.2. The summed E-state index contributed by atoms with van der Waals surface area (Å²) in [5, 5.41) is 39.4. The largest absolute Gasteiger partial charge is 0.485 e. The minimum absolute atomic E-state index is 0.0682. The standard InChI is InChI=1S/2C15H20N2O4S/c2*1-5-22(19,20)17(4)13-11-8-10(9-16)6-7-12(11)21-15(2,3)14(13)18/h2*6-8,13-14,18H,5H2,1-4H3. The molecule has 2 aromatic rings. The van der Waals surface area contributed by atoms with Crippen LogP contribution in [0.2, 0.25) is 0 Å². The number of sulfonamides is 2. The smallest absolute Gasteiger partial charge is 0.214 e. The highest BCUT2D eigenvalue weighted by Gasteiger charge is 2.48. The highest BCUT2D eigenvalue weighted by atomic mass is 32.2. The third-order valence-corrected chi connectivity index (χ3v) is 11.7. The van der Waals surface area contributed by atoms with Crippen LogP contribution in [0.3, 0.4) is 0 Å². The summed E-state index contributed by atoms with van der Waals surface area (Å²) in [6.45, 7) is 9.93. The van der Waals surface area contributed by atoms with E-state index in [9.17, 15) is 27.0 Å². The molecular weight excluding hydrogens is 608 g/mol. The van der Waals surface area contributed by atoms with Gasteiger partial charge in [-0.05, 0) is 77.9 Å². The van der Waals surface area contributed by atoms with Crippen LogP contribution in [0.1, 0.15) is 75.9 Å². The van der Waals surface area contributed by atoms with Crippen molar-refractivity contribution in [3.8, 4) is 23.6 Å². The average molecular weight is 649 g/mol. The molecule has 4 rings (SSSR count). The number of nitrogens with zero attached hydrogens (tertiary/aromatic N) is 4. The molecule has 0 amide bonds. The maximum Gasteiger partial charge on any atom is 0.214 e. The lowest BCUT2D eigenvalue weighted by atomic mass is 9.86. The molecule has 0 aromatic heterocycles. The molecule has 0 spiro atoms. The molecule has 0 saturated heterocycles. The zero-order valence-electron chi connectivity index (χ0n) is 26.1. The first-order valence-corrected chi connectivity index (χ1v) is 17.2. The van der Waals surface area contributed by atoms with Crippen molar-refractivity contribution in [2.75, 3.05) is 25.6 Å². The molecule has 2 aliphatic rings. The van der Waals surface area contributed by atoms with Crippen molar-refractivity contribution in [3.63, 3.8) is 0 Å². The van der Waals surface area contributed by atoms with E-state index >= 15 is 0 Å². The van der Waals surface area contributed by atoms with E-state index in [-0.39, 0.29) is 11.5 Å². The number of likely N-dealkylation sites (N-methyl/N-ethyl adjacent to an activating group) is 2. The van der Waals surface area contributed by atoms with E-state index < -0.39 is 55.5 Å². The molecule has 0 bridgehead atoms. The predicted molar refractivity (Wildman–Crippen MR) is 164 cm³/mol. The Morgan fingerprint density at radius 3 is 1.32 bits per heavy atom. The van der Waals surface area contributed by atoms with Gasteiger partial charge >= 0.3 is 0 Å². The van der Waals surface area contributed by atoms with Gasteiger partial charge in [-0.3, -0.25) is 0 Å². The Morgan fingerprint density at radius 2 is 1.05 bits per heavy atom. The summed E-state index contributed by atoms with van der Waals surface area (Å²) in [7, 11) is -4.13. The zero-order valence-corrected chi connectivity index (χ0v) is 27.8. The number of benzene rings is 2. The second-order valence-electron chi connectivity index (χ2n) is 11.8. The molecule has 0 radical (unpaired) electrons. The van der Waals surface area contributed by atoms with Gasteiger partial charge in [-0.2, -0.15) is 19.1 Å². The van der Waals surface area contributed by atoms with E-state index in [0.29, 0.717) is 33.8 Å². The Morgan fingerprint density at radius 1 is 0.727 bits per heavy atom. The van der Waals surface area contributed by atoms with E-state index in [1.54, 1.807) is 77.9 Å². The van der Waals surface area contributed by atoms with Crippen LogP contribution in [0.5, 0.6) is 11.5 Å². The molecule has 2 aromatic carbocycles. The molecule has 240 valence electrons. The summed E-state index contributed by atoms with van der Waals surface area (Å²) < 4.78 is 62.8. The second-order valence-corrected chi connectivity index (χ2v) is 16.4. The summed E-state index contributed by atoms with van der Waals surface area (Å²) >= 11 is 0. The normalized spacial score (nSPS) is 23.5. The third-order valence-electron chi connectivity index (χ3n) is 8.07. The summed E-state index contributed by atoms with van der Waals surface area (Å²) in [6, 6.07) is 12.1. The van der Waals surface area contributed by atoms with Crippen LogP contribution in [0.4, 0.5) is 0 Å². The first-order chi connectivity index (χ1) is 20.3. The maximum absolute atomic E-state index is 12.2. The Balaban J connectivity index is 0.000000240. The van der Waals surface area contributed by atoms with E-state index in [1.165, 1.54) is 22.7 Å². The number of hydrogen-bond acceptors (Lipinski definition) is 10. The third kappa shape index (κ3) is 6.71. The van der Waals surface area contributed by atoms with Crippen LogP contribution in [0.15, 0.2) is 36.4 Å². The lowest BCUT2D eigenvalue weighted by molar-refractivity contribution is -0.0764. The fraction of sp³-hybridized carbons (Fsp3) is 0.533. The number of rotatable bonds is 6. The van der Waals surface area contributed by atoms with Gasteiger partial charge in [-0.25, -0.2) is 16.8 Å². The highest BCUT2D eigenvalue weighted by molar-refractivity contribution is 7.89. The minimum atomic E-state index is -3.51. The van der Waals surface area contributed by atoms with E-state index in [0.717, 1.165) is 0 Å². The van der Waals surface area contributed by atoms with Crippen molar-refractivity contribution >= 4 is 20.0 Å². The van der Waals surface area contributed by atoms with Crippen LogP contribution in [-0.4, -0.2) is 84.7 Å². The van der Waals surface area contributed by atoms with Crippen LogP contribution < -0.4 is 9.47 Å². The number of aliphatic hydroxyl groups excluding tert-OH is 2. The number of aliphatic hydroxyl groups is 2. The number of hydrogen-bond donors (Lipinski definition) is 2. The average Bonchev–Trinajstić information content (AvgIpc) is 2.97. The lowest BCUT2D eigenvalue weighted by Crippen LogP contribution is -2.54. The van der Waals surface area contributed by atoms with Crippen LogP contribution in [-0.2, 0) is 20.0 Å². The van der Waals surface area contributed by atoms with Gasteiger partial charge in [-0.15, -0.1) is 0 Å². The Bertz CT molecular complexity index is 1570. The number of fused-ring (bicyclic) bond motifs is 2. The number of nitriles is 2. The summed E-state index contributed by atoms with van der Waals surface area (Å²) in [5.74, 6) is 0.831. The van der Waals surface area contributed by atoms with Crippen molar-refractivity contribution in [2.24, 2.45) is 0 Å². The molecule has 2 heterocycles. The predicted octanol–water partition coefficient (Wildman–Crippen LogP) is 2.83.